The summed E-state index contributed by atoms with van der Waals surface area (Å²) in [7, 11) is 0. The molecule has 0 atom stereocenters. The lowest BCUT2D eigenvalue weighted by atomic mass is 9.86. The van der Waals surface area contributed by atoms with E-state index in [1.165, 1.54) is 46.5 Å². The molecule has 1 aliphatic carbocycles. The highest BCUT2D eigenvalue weighted by Gasteiger charge is 2.16. The molecular weight excluding hydrogens is 384 g/mol. The Labute approximate surface area is 179 Å². The van der Waals surface area contributed by atoms with Gasteiger partial charge in [0.25, 0.3) is 0 Å². The average molecular weight is 404 g/mol. The molecule has 1 aliphatic rings. The molecule has 4 heteroatoms. The zero-order chi connectivity index (χ0) is 20.9. The van der Waals surface area contributed by atoms with Gasteiger partial charge in [0, 0.05) is 28.7 Å². The highest BCUT2D eigenvalue weighted by atomic mass is 16.4. The third-order valence-corrected chi connectivity index (χ3v) is 6.48. The number of aryl methyl sites for hydroxylation is 2. The quantitative estimate of drug-likeness (QED) is 0.357. The normalized spacial score (nSPS) is 13.5. The van der Waals surface area contributed by atoms with Crippen LogP contribution in [0.15, 0.2) is 67.0 Å². The van der Waals surface area contributed by atoms with Crippen LogP contribution in [0.3, 0.4) is 0 Å². The number of benzene rings is 3. The Balaban J connectivity index is 1.55. The van der Waals surface area contributed by atoms with Crippen molar-refractivity contribution in [1.29, 1.82) is 0 Å². The predicted octanol–water partition coefficient (Wildman–Crippen LogP) is 6.18. The number of nitrogens with zero attached hydrogens (tertiary/aromatic N) is 2. The fourth-order valence-electron chi connectivity index (χ4n) is 4.97. The fourth-order valence-corrected chi connectivity index (χ4v) is 4.97. The second kappa shape index (κ2) is 6.88. The van der Waals surface area contributed by atoms with Crippen LogP contribution in [0, 0.1) is 0 Å². The van der Waals surface area contributed by atoms with Crippen molar-refractivity contribution in [1.82, 2.24) is 9.97 Å². The Morgan fingerprint density at radius 1 is 0.806 bits per heavy atom. The molecule has 0 spiro atoms. The molecule has 0 bridgehead atoms. The van der Waals surface area contributed by atoms with Crippen LogP contribution in [0.25, 0.3) is 43.6 Å². The van der Waals surface area contributed by atoms with Gasteiger partial charge in [0.2, 0.25) is 0 Å². The number of carboxylic acid groups (broad SMARTS) is 1. The standard InChI is InChI=1S/C27H20N2O2/c30-27(31)26-22-11-12-28-15-19(22)14-25(29-26)18-7-8-21-17(13-18)6-10-23-20-4-2-1-3-16(20)5-9-24(21)23/h5-15H,1-4H2,(H,30,31). The monoisotopic (exact) mass is 404 g/mol. The van der Waals surface area contributed by atoms with Gasteiger partial charge in [-0.1, -0.05) is 36.4 Å². The van der Waals surface area contributed by atoms with E-state index in [-0.39, 0.29) is 5.69 Å². The molecule has 3 aromatic carbocycles. The Hall–Kier alpha value is -3.79. The van der Waals surface area contributed by atoms with Crippen LogP contribution >= 0.6 is 0 Å². The molecule has 0 saturated carbocycles. The zero-order valence-electron chi connectivity index (χ0n) is 16.9. The van der Waals surface area contributed by atoms with E-state index in [2.05, 4.69) is 46.4 Å². The van der Waals surface area contributed by atoms with E-state index < -0.39 is 5.97 Å². The van der Waals surface area contributed by atoms with Crippen LogP contribution in [-0.2, 0) is 12.8 Å². The molecule has 0 fully saturated rings. The first kappa shape index (κ1) is 18.0. The maximum absolute atomic E-state index is 11.8. The van der Waals surface area contributed by atoms with Crippen molar-refractivity contribution in [3.05, 3.63) is 83.8 Å². The topological polar surface area (TPSA) is 63.1 Å². The van der Waals surface area contributed by atoms with Crippen LogP contribution < -0.4 is 0 Å². The molecule has 150 valence electrons. The van der Waals surface area contributed by atoms with Crippen LogP contribution in [0.2, 0.25) is 0 Å². The third kappa shape index (κ3) is 2.87. The van der Waals surface area contributed by atoms with E-state index in [0.717, 1.165) is 22.8 Å². The van der Waals surface area contributed by atoms with Crippen LogP contribution in [0.4, 0.5) is 0 Å². The fraction of sp³-hybridized carbons (Fsp3) is 0.148. The van der Waals surface area contributed by atoms with E-state index >= 15 is 0 Å². The smallest absolute Gasteiger partial charge is 0.355 e. The number of hydrogen-bond acceptors (Lipinski definition) is 3. The lowest BCUT2D eigenvalue weighted by molar-refractivity contribution is 0.0693. The molecule has 4 nitrogen and oxygen atoms in total. The number of carbonyl (C=O) groups is 1. The van der Waals surface area contributed by atoms with Crippen molar-refractivity contribution < 1.29 is 9.90 Å². The van der Waals surface area contributed by atoms with Gasteiger partial charge >= 0.3 is 5.97 Å². The van der Waals surface area contributed by atoms with Gasteiger partial charge in [-0.15, -0.1) is 0 Å². The minimum Gasteiger partial charge on any atom is -0.476 e. The number of pyridine rings is 2. The Morgan fingerprint density at radius 3 is 2.55 bits per heavy atom. The molecule has 6 rings (SSSR count). The molecule has 31 heavy (non-hydrogen) atoms. The summed E-state index contributed by atoms with van der Waals surface area (Å²) in [5.74, 6) is -1.03. The summed E-state index contributed by atoms with van der Waals surface area (Å²) < 4.78 is 0. The Kier molecular flexibility index (Phi) is 4.00. The lowest BCUT2D eigenvalue weighted by Crippen LogP contribution is -2.03. The summed E-state index contributed by atoms with van der Waals surface area (Å²) >= 11 is 0. The largest absolute Gasteiger partial charge is 0.476 e. The van der Waals surface area contributed by atoms with Crippen LogP contribution in [0.1, 0.15) is 34.5 Å². The summed E-state index contributed by atoms with van der Waals surface area (Å²) in [4.78, 5) is 20.4. The average Bonchev–Trinajstić information content (AvgIpc) is 2.82. The van der Waals surface area contributed by atoms with Gasteiger partial charge in [0.1, 0.15) is 0 Å². The molecule has 0 radical (unpaired) electrons. The van der Waals surface area contributed by atoms with Gasteiger partial charge < -0.3 is 5.11 Å². The van der Waals surface area contributed by atoms with Gasteiger partial charge in [-0.3, -0.25) is 4.98 Å². The second-order valence-electron chi connectivity index (χ2n) is 8.27. The highest BCUT2D eigenvalue weighted by Crippen LogP contribution is 2.35. The van der Waals surface area contributed by atoms with Crippen molar-refractivity contribution >= 4 is 38.3 Å². The van der Waals surface area contributed by atoms with Gasteiger partial charge in [-0.2, -0.15) is 0 Å². The van der Waals surface area contributed by atoms with Crippen molar-refractivity contribution in [2.45, 2.75) is 25.7 Å². The van der Waals surface area contributed by atoms with E-state index in [9.17, 15) is 9.90 Å². The van der Waals surface area contributed by atoms with Crippen molar-refractivity contribution in [3.8, 4) is 11.3 Å². The summed E-state index contributed by atoms with van der Waals surface area (Å²) in [6.45, 7) is 0. The molecular formula is C27H20N2O2. The molecule has 5 aromatic rings. The molecule has 2 aromatic heterocycles. The summed E-state index contributed by atoms with van der Waals surface area (Å²) in [5, 5.41) is 16.0. The summed E-state index contributed by atoms with van der Waals surface area (Å²) in [6, 6.07) is 18.9. The van der Waals surface area contributed by atoms with Gasteiger partial charge in [0.05, 0.1) is 5.69 Å². The minimum atomic E-state index is -1.03. The maximum atomic E-state index is 11.8. The first-order chi connectivity index (χ1) is 15.2. The molecule has 0 unspecified atom stereocenters. The number of fused-ring (bicyclic) bond motifs is 6. The van der Waals surface area contributed by atoms with Crippen molar-refractivity contribution in [3.63, 3.8) is 0 Å². The van der Waals surface area contributed by atoms with Crippen LogP contribution in [-0.4, -0.2) is 21.0 Å². The third-order valence-electron chi connectivity index (χ3n) is 6.48. The maximum Gasteiger partial charge on any atom is 0.355 e. The number of rotatable bonds is 2. The summed E-state index contributed by atoms with van der Waals surface area (Å²) in [6.07, 6.45) is 8.15. The van der Waals surface area contributed by atoms with E-state index in [4.69, 9.17) is 0 Å². The molecule has 0 amide bonds. The molecule has 0 aliphatic heterocycles. The first-order valence-electron chi connectivity index (χ1n) is 10.6. The zero-order valence-corrected chi connectivity index (χ0v) is 16.9. The first-order valence-corrected chi connectivity index (χ1v) is 10.6. The number of hydrogen-bond donors (Lipinski definition) is 1. The van der Waals surface area contributed by atoms with E-state index in [1.54, 1.807) is 18.5 Å². The minimum absolute atomic E-state index is 0.0557. The molecule has 0 saturated heterocycles. The summed E-state index contributed by atoms with van der Waals surface area (Å²) in [5.41, 5.74) is 4.60. The van der Waals surface area contributed by atoms with E-state index in [1.807, 2.05) is 12.1 Å². The predicted molar refractivity (Wildman–Crippen MR) is 124 cm³/mol. The lowest BCUT2D eigenvalue weighted by Gasteiger charge is -2.19. The van der Waals surface area contributed by atoms with E-state index in [0.29, 0.717) is 11.1 Å². The SMILES string of the molecule is O=C(O)c1nc(-c2ccc3c(ccc4c5c(ccc43)CCCC5)c2)cc2cnccc12. The molecule has 2 heterocycles. The second-order valence-corrected chi connectivity index (χ2v) is 8.27. The van der Waals surface area contributed by atoms with Crippen molar-refractivity contribution in [2.24, 2.45) is 0 Å². The number of aromatic nitrogens is 2. The Bertz CT molecular complexity index is 1520. The van der Waals surface area contributed by atoms with Crippen LogP contribution in [0.5, 0.6) is 0 Å². The molecule has 1 N–H and O–H groups in total. The van der Waals surface area contributed by atoms with Gasteiger partial charge in [0.15, 0.2) is 5.69 Å². The Morgan fingerprint density at radius 2 is 1.65 bits per heavy atom. The number of aromatic carboxylic acids is 1. The van der Waals surface area contributed by atoms with Gasteiger partial charge in [-0.05, 0) is 76.6 Å². The van der Waals surface area contributed by atoms with Crippen molar-refractivity contribution in [2.75, 3.05) is 0 Å². The van der Waals surface area contributed by atoms with Gasteiger partial charge in [-0.25, -0.2) is 9.78 Å². The number of carboxylic acids is 1. The highest BCUT2D eigenvalue weighted by molar-refractivity contribution is 6.10.